The summed E-state index contributed by atoms with van der Waals surface area (Å²) in [6, 6.07) is 3.77. The summed E-state index contributed by atoms with van der Waals surface area (Å²) in [6.07, 6.45) is 7.98. The van der Waals surface area contributed by atoms with Crippen LogP contribution >= 0.6 is 0 Å². The van der Waals surface area contributed by atoms with Gasteiger partial charge in [-0.05, 0) is 18.9 Å². The lowest BCUT2D eigenvalue weighted by atomic mass is 9.96. The van der Waals surface area contributed by atoms with Crippen LogP contribution in [0.2, 0.25) is 0 Å². The molecule has 5 heteroatoms. The molecule has 2 aromatic rings. The topological polar surface area (TPSA) is 59.8 Å². The summed E-state index contributed by atoms with van der Waals surface area (Å²) < 4.78 is 1.56. The number of anilines is 1. The van der Waals surface area contributed by atoms with E-state index in [4.69, 9.17) is 0 Å². The number of pyridine rings is 1. The number of hydrogen-bond acceptors (Lipinski definition) is 4. The van der Waals surface area contributed by atoms with Gasteiger partial charge in [0.15, 0.2) is 0 Å². The van der Waals surface area contributed by atoms with Gasteiger partial charge in [-0.15, -0.1) is 0 Å². The van der Waals surface area contributed by atoms with E-state index >= 15 is 0 Å². The number of fused-ring (bicyclic) bond motifs is 1. The number of hydrogen-bond donors (Lipinski definition) is 1. The third-order valence-corrected chi connectivity index (χ3v) is 3.79. The molecule has 0 spiro atoms. The third-order valence-electron chi connectivity index (χ3n) is 3.79. The van der Waals surface area contributed by atoms with Crippen LogP contribution in [0.15, 0.2) is 23.1 Å². The van der Waals surface area contributed by atoms with Crippen molar-refractivity contribution in [3.05, 3.63) is 28.7 Å². The van der Waals surface area contributed by atoms with Crippen LogP contribution in [0.25, 0.3) is 11.0 Å². The van der Waals surface area contributed by atoms with Crippen LogP contribution in [0.3, 0.4) is 0 Å². The minimum absolute atomic E-state index is 0.0465. The van der Waals surface area contributed by atoms with Crippen molar-refractivity contribution >= 4 is 17.0 Å². The monoisotopic (exact) mass is 258 g/mol. The van der Waals surface area contributed by atoms with Gasteiger partial charge in [0.25, 0.3) is 5.56 Å². The zero-order valence-corrected chi connectivity index (χ0v) is 11.1. The van der Waals surface area contributed by atoms with Gasteiger partial charge in [0.1, 0.15) is 5.65 Å². The Balaban J connectivity index is 1.92. The predicted molar refractivity (Wildman–Crippen MR) is 75.3 cm³/mol. The average molecular weight is 258 g/mol. The summed E-state index contributed by atoms with van der Waals surface area (Å²) in [5, 5.41) is 4.27. The summed E-state index contributed by atoms with van der Waals surface area (Å²) in [6.45, 7) is 0. The molecule has 0 unspecified atom stereocenters. The summed E-state index contributed by atoms with van der Waals surface area (Å²) in [7, 11) is 1.74. The molecule has 100 valence electrons. The standard InChI is InChI=1S/C14H18N4O/c1-18-12(19)8-7-10-9-15-14(17-13(10)18)16-11-5-3-2-4-6-11/h7-9,11H,2-6H2,1H3,(H,15,16,17). The highest BCUT2D eigenvalue weighted by molar-refractivity contribution is 5.74. The molecule has 1 N–H and O–H groups in total. The first kappa shape index (κ1) is 12.1. The Hall–Kier alpha value is -1.91. The molecule has 5 nitrogen and oxygen atoms in total. The number of nitrogens with one attached hydrogen (secondary N) is 1. The lowest BCUT2D eigenvalue weighted by Gasteiger charge is -2.22. The smallest absolute Gasteiger partial charge is 0.251 e. The Bertz CT molecular complexity index is 643. The first-order valence-electron chi connectivity index (χ1n) is 6.83. The molecule has 1 fully saturated rings. The lowest BCUT2D eigenvalue weighted by Crippen LogP contribution is -2.24. The van der Waals surface area contributed by atoms with Crippen molar-refractivity contribution in [1.29, 1.82) is 0 Å². The van der Waals surface area contributed by atoms with E-state index in [1.807, 2.05) is 0 Å². The van der Waals surface area contributed by atoms with Crippen molar-refractivity contribution in [1.82, 2.24) is 14.5 Å². The van der Waals surface area contributed by atoms with E-state index in [1.165, 1.54) is 32.1 Å². The van der Waals surface area contributed by atoms with E-state index in [2.05, 4.69) is 15.3 Å². The van der Waals surface area contributed by atoms with Gasteiger partial charge in [-0.25, -0.2) is 4.98 Å². The zero-order valence-electron chi connectivity index (χ0n) is 11.1. The second kappa shape index (κ2) is 4.99. The maximum Gasteiger partial charge on any atom is 0.251 e. The molecule has 0 amide bonds. The number of rotatable bonds is 2. The molecule has 1 saturated carbocycles. The van der Waals surface area contributed by atoms with Gasteiger partial charge in [0.2, 0.25) is 5.95 Å². The van der Waals surface area contributed by atoms with Gasteiger partial charge in [-0.2, -0.15) is 4.98 Å². The lowest BCUT2D eigenvalue weighted by molar-refractivity contribution is 0.461. The summed E-state index contributed by atoms with van der Waals surface area (Å²) in [5.74, 6) is 0.626. The van der Waals surface area contributed by atoms with E-state index in [1.54, 1.807) is 29.9 Å². The van der Waals surface area contributed by atoms with Crippen molar-refractivity contribution in [2.75, 3.05) is 5.32 Å². The van der Waals surface area contributed by atoms with Crippen molar-refractivity contribution in [2.45, 2.75) is 38.1 Å². The Kier molecular flexibility index (Phi) is 3.19. The van der Waals surface area contributed by atoms with Gasteiger partial charge in [-0.3, -0.25) is 9.36 Å². The second-order valence-electron chi connectivity index (χ2n) is 5.18. The molecule has 0 aromatic carbocycles. The molecule has 0 saturated heterocycles. The van der Waals surface area contributed by atoms with Gasteiger partial charge in [0, 0.05) is 30.7 Å². The quantitative estimate of drug-likeness (QED) is 0.896. The molecular formula is C14H18N4O. The van der Waals surface area contributed by atoms with E-state index in [9.17, 15) is 4.79 Å². The van der Waals surface area contributed by atoms with Crippen LogP contribution in [0.1, 0.15) is 32.1 Å². The minimum Gasteiger partial charge on any atom is -0.351 e. The fourth-order valence-corrected chi connectivity index (χ4v) is 2.64. The Morgan fingerprint density at radius 3 is 2.84 bits per heavy atom. The van der Waals surface area contributed by atoms with E-state index in [0.29, 0.717) is 17.6 Å². The first-order chi connectivity index (χ1) is 9.24. The molecule has 0 aliphatic heterocycles. The molecule has 2 aromatic heterocycles. The van der Waals surface area contributed by atoms with E-state index in [-0.39, 0.29) is 5.56 Å². The zero-order chi connectivity index (χ0) is 13.2. The third kappa shape index (κ3) is 2.45. The highest BCUT2D eigenvalue weighted by atomic mass is 16.1. The molecule has 1 aliphatic rings. The van der Waals surface area contributed by atoms with E-state index < -0.39 is 0 Å². The van der Waals surface area contributed by atoms with Crippen LogP contribution in [0, 0.1) is 0 Å². The molecule has 1 aliphatic carbocycles. The SMILES string of the molecule is Cn1c(=O)ccc2cnc(NC3CCCCC3)nc21. The molecule has 0 bridgehead atoms. The molecule has 19 heavy (non-hydrogen) atoms. The summed E-state index contributed by atoms with van der Waals surface area (Å²) in [5.41, 5.74) is 0.635. The summed E-state index contributed by atoms with van der Waals surface area (Å²) >= 11 is 0. The van der Waals surface area contributed by atoms with Crippen LogP contribution in [0.4, 0.5) is 5.95 Å². The van der Waals surface area contributed by atoms with Crippen molar-refractivity contribution in [3.63, 3.8) is 0 Å². The predicted octanol–water partition coefficient (Wildman–Crippen LogP) is 2.07. The molecular weight excluding hydrogens is 240 g/mol. The van der Waals surface area contributed by atoms with Crippen LogP contribution in [-0.4, -0.2) is 20.6 Å². The van der Waals surface area contributed by atoms with Crippen LogP contribution < -0.4 is 10.9 Å². The maximum absolute atomic E-state index is 11.6. The van der Waals surface area contributed by atoms with Crippen LogP contribution in [0.5, 0.6) is 0 Å². The van der Waals surface area contributed by atoms with E-state index in [0.717, 1.165) is 5.39 Å². The van der Waals surface area contributed by atoms with Gasteiger partial charge < -0.3 is 5.32 Å². The molecule has 2 heterocycles. The van der Waals surface area contributed by atoms with Crippen molar-refractivity contribution in [3.8, 4) is 0 Å². The maximum atomic E-state index is 11.6. The highest BCUT2D eigenvalue weighted by Gasteiger charge is 2.14. The van der Waals surface area contributed by atoms with Crippen molar-refractivity contribution in [2.24, 2.45) is 7.05 Å². The van der Waals surface area contributed by atoms with Crippen molar-refractivity contribution < 1.29 is 0 Å². The first-order valence-corrected chi connectivity index (χ1v) is 6.83. The van der Waals surface area contributed by atoms with Gasteiger partial charge in [-0.1, -0.05) is 19.3 Å². The largest absolute Gasteiger partial charge is 0.351 e. The molecule has 0 atom stereocenters. The Labute approximate surface area is 111 Å². The fraction of sp³-hybridized carbons (Fsp3) is 0.500. The number of aryl methyl sites for hydroxylation is 1. The van der Waals surface area contributed by atoms with Gasteiger partial charge >= 0.3 is 0 Å². The average Bonchev–Trinajstić information content (AvgIpc) is 2.45. The highest BCUT2D eigenvalue weighted by Crippen LogP contribution is 2.20. The van der Waals surface area contributed by atoms with Crippen LogP contribution in [-0.2, 0) is 7.05 Å². The Morgan fingerprint density at radius 1 is 1.26 bits per heavy atom. The minimum atomic E-state index is -0.0465. The second-order valence-corrected chi connectivity index (χ2v) is 5.18. The normalized spacial score (nSPS) is 16.7. The fourth-order valence-electron chi connectivity index (χ4n) is 2.64. The Morgan fingerprint density at radius 2 is 2.05 bits per heavy atom. The number of nitrogens with zero attached hydrogens (tertiary/aromatic N) is 3. The molecule has 0 radical (unpaired) electrons. The summed E-state index contributed by atoms with van der Waals surface area (Å²) in [4.78, 5) is 20.4. The number of aromatic nitrogens is 3. The molecule has 3 rings (SSSR count). The van der Waals surface area contributed by atoms with Gasteiger partial charge in [0.05, 0.1) is 0 Å².